The predicted octanol–water partition coefficient (Wildman–Crippen LogP) is 2.45. The van der Waals surface area contributed by atoms with Crippen molar-refractivity contribution in [3.63, 3.8) is 0 Å². The van der Waals surface area contributed by atoms with Gasteiger partial charge in [-0.2, -0.15) is 0 Å². The van der Waals surface area contributed by atoms with Gasteiger partial charge in [-0.05, 0) is 31.0 Å². The van der Waals surface area contributed by atoms with E-state index in [1.165, 1.54) is 0 Å². The third-order valence-corrected chi connectivity index (χ3v) is 3.24. The fourth-order valence-electron chi connectivity index (χ4n) is 2.59. The van der Waals surface area contributed by atoms with Crippen molar-refractivity contribution in [1.29, 1.82) is 0 Å². The minimum absolute atomic E-state index is 0.0206. The number of nitrogens with zero attached hydrogens (tertiary/aromatic N) is 1. The van der Waals surface area contributed by atoms with E-state index in [1.807, 2.05) is 19.1 Å². The lowest BCUT2D eigenvalue weighted by Crippen LogP contribution is -2.31. The lowest BCUT2D eigenvalue weighted by molar-refractivity contribution is -0.145. The highest BCUT2D eigenvalue weighted by Crippen LogP contribution is 2.41. The van der Waals surface area contributed by atoms with Crippen LogP contribution in [0, 0.1) is 0 Å². The van der Waals surface area contributed by atoms with Gasteiger partial charge >= 0.3 is 5.97 Å². The summed E-state index contributed by atoms with van der Waals surface area (Å²) in [6.45, 7) is 4.05. The van der Waals surface area contributed by atoms with Gasteiger partial charge in [0.2, 0.25) is 0 Å². The number of ether oxygens (including phenoxy) is 1. The molecule has 1 saturated heterocycles. The molecule has 2 atom stereocenters. The molecule has 3 nitrogen and oxygen atoms in total. The molecule has 2 heterocycles. The van der Waals surface area contributed by atoms with E-state index in [0.29, 0.717) is 0 Å². The van der Waals surface area contributed by atoms with Crippen LogP contribution in [0.3, 0.4) is 0 Å². The highest BCUT2D eigenvalue weighted by Gasteiger charge is 2.48. The average molecular weight is 219 g/mol. The average Bonchev–Trinajstić information content (AvgIpc) is 2.57. The Balaban J connectivity index is 2.40. The summed E-state index contributed by atoms with van der Waals surface area (Å²) in [7, 11) is 0. The molecule has 0 radical (unpaired) electrons. The van der Waals surface area contributed by atoms with Crippen molar-refractivity contribution in [2.45, 2.75) is 44.6 Å². The molecule has 0 saturated carbocycles. The lowest BCUT2D eigenvalue weighted by Gasteiger charge is -2.24. The molecular formula is C13H17NO2. The van der Waals surface area contributed by atoms with Crippen LogP contribution in [0.2, 0.25) is 0 Å². The summed E-state index contributed by atoms with van der Waals surface area (Å²) in [5.41, 5.74) is 0.607. The Morgan fingerprint density at radius 2 is 2.19 bits per heavy atom. The first-order valence-corrected chi connectivity index (χ1v) is 5.80. The topological polar surface area (TPSA) is 39.2 Å². The van der Waals surface area contributed by atoms with Crippen LogP contribution < -0.4 is 0 Å². The molecule has 0 N–H and O–H groups in total. The van der Waals surface area contributed by atoms with Crippen LogP contribution in [0.4, 0.5) is 0 Å². The van der Waals surface area contributed by atoms with Crippen LogP contribution in [0.5, 0.6) is 0 Å². The fraction of sp³-hybridized carbons (Fsp3) is 0.538. The largest absolute Gasteiger partial charge is 0.462 e. The van der Waals surface area contributed by atoms with Crippen molar-refractivity contribution in [3.05, 3.63) is 30.1 Å². The zero-order chi connectivity index (χ0) is 11.6. The van der Waals surface area contributed by atoms with E-state index in [1.54, 1.807) is 12.4 Å². The van der Waals surface area contributed by atoms with Crippen LogP contribution in [0.1, 0.15) is 38.7 Å². The number of carbonyl (C=O) groups is 1. The third-order valence-electron chi connectivity index (χ3n) is 3.24. The highest BCUT2D eigenvalue weighted by atomic mass is 16.6. The van der Waals surface area contributed by atoms with Crippen molar-refractivity contribution in [2.75, 3.05) is 0 Å². The molecule has 16 heavy (non-hydrogen) atoms. The van der Waals surface area contributed by atoms with Gasteiger partial charge in [-0.25, -0.2) is 0 Å². The quantitative estimate of drug-likeness (QED) is 0.733. The molecule has 0 aromatic carbocycles. The van der Waals surface area contributed by atoms with Crippen molar-refractivity contribution < 1.29 is 9.53 Å². The maximum atomic E-state index is 12.1. The highest BCUT2D eigenvalue weighted by molar-refractivity contribution is 5.85. The molecule has 1 aromatic heterocycles. The summed E-state index contributed by atoms with van der Waals surface area (Å²) in [6, 6.07) is 3.85. The molecule has 0 bridgehead atoms. The molecule has 86 valence electrons. The molecule has 1 aliphatic heterocycles. The van der Waals surface area contributed by atoms with E-state index in [4.69, 9.17) is 4.74 Å². The van der Waals surface area contributed by atoms with Crippen molar-refractivity contribution in [2.24, 2.45) is 0 Å². The number of esters is 1. The third kappa shape index (κ3) is 1.70. The minimum atomic E-state index is -0.433. The van der Waals surface area contributed by atoms with Crippen molar-refractivity contribution >= 4 is 5.97 Å². The van der Waals surface area contributed by atoms with Crippen molar-refractivity contribution in [3.8, 4) is 0 Å². The standard InChI is InChI=1S/C13H17NO2/c1-3-6-13(9-10(2)16-12(13)15)11-4-7-14-8-5-11/h4-5,7-8,10H,3,6,9H2,1-2H3/t10-,13+/m1/s1. The Kier molecular flexibility index (Phi) is 2.95. The van der Waals surface area contributed by atoms with Gasteiger partial charge in [-0.15, -0.1) is 0 Å². The number of hydrogen-bond acceptors (Lipinski definition) is 3. The Hall–Kier alpha value is -1.38. The molecule has 1 aliphatic rings. The summed E-state index contributed by atoms with van der Waals surface area (Å²) in [5.74, 6) is -0.0759. The first-order chi connectivity index (χ1) is 7.69. The van der Waals surface area contributed by atoms with Crippen LogP contribution in [0.25, 0.3) is 0 Å². The van der Waals surface area contributed by atoms with E-state index in [0.717, 1.165) is 24.8 Å². The van der Waals surface area contributed by atoms with Crippen LogP contribution >= 0.6 is 0 Å². The number of hydrogen-bond donors (Lipinski definition) is 0. The molecule has 0 spiro atoms. The normalized spacial score (nSPS) is 29.1. The van der Waals surface area contributed by atoms with E-state index in [-0.39, 0.29) is 12.1 Å². The summed E-state index contributed by atoms with van der Waals surface area (Å²) in [5, 5.41) is 0. The zero-order valence-electron chi connectivity index (χ0n) is 9.77. The van der Waals surface area contributed by atoms with Gasteiger partial charge in [0.25, 0.3) is 0 Å². The van der Waals surface area contributed by atoms with E-state index in [2.05, 4.69) is 11.9 Å². The Morgan fingerprint density at radius 1 is 1.50 bits per heavy atom. The summed E-state index contributed by atoms with van der Waals surface area (Å²) >= 11 is 0. The summed E-state index contributed by atoms with van der Waals surface area (Å²) in [6.07, 6.45) is 6.10. The molecule has 2 rings (SSSR count). The maximum absolute atomic E-state index is 12.1. The predicted molar refractivity (Wildman–Crippen MR) is 61.0 cm³/mol. The Bertz CT molecular complexity index is 377. The summed E-state index contributed by atoms with van der Waals surface area (Å²) < 4.78 is 5.32. The second kappa shape index (κ2) is 4.24. The lowest BCUT2D eigenvalue weighted by atomic mass is 9.75. The van der Waals surface area contributed by atoms with Crippen molar-refractivity contribution in [1.82, 2.24) is 4.98 Å². The van der Waals surface area contributed by atoms with Gasteiger partial charge in [0.05, 0.1) is 5.41 Å². The van der Waals surface area contributed by atoms with Crippen LogP contribution in [-0.4, -0.2) is 17.1 Å². The number of pyridine rings is 1. The maximum Gasteiger partial charge on any atom is 0.316 e. The second-order valence-corrected chi connectivity index (χ2v) is 4.49. The molecule has 1 fully saturated rings. The van der Waals surface area contributed by atoms with Gasteiger partial charge in [-0.1, -0.05) is 13.3 Å². The molecule has 0 amide bonds. The number of cyclic esters (lactones) is 1. The van der Waals surface area contributed by atoms with Gasteiger partial charge in [0.1, 0.15) is 6.10 Å². The minimum Gasteiger partial charge on any atom is -0.462 e. The molecule has 3 heteroatoms. The number of carbonyl (C=O) groups excluding carboxylic acids is 1. The number of aromatic nitrogens is 1. The number of rotatable bonds is 3. The van der Waals surface area contributed by atoms with Gasteiger partial charge < -0.3 is 4.74 Å². The fourth-order valence-corrected chi connectivity index (χ4v) is 2.59. The Morgan fingerprint density at radius 3 is 2.69 bits per heavy atom. The Labute approximate surface area is 95.8 Å². The monoisotopic (exact) mass is 219 g/mol. The first kappa shape index (κ1) is 11.1. The van der Waals surface area contributed by atoms with E-state index >= 15 is 0 Å². The molecule has 0 unspecified atom stereocenters. The van der Waals surface area contributed by atoms with Crippen LogP contribution in [-0.2, 0) is 14.9 Å². The first-order valence-electron chi connectivity index (χ1n) is 5.80. The van der Waals surface area contributed by atoms with E-state index in [9.17, 15) is 4.79 Å². The van der Waals surface area contributed by atoms with Gasteiger partial charge in [-0.3, -0.25) is 9.78 Å². The van der Waals surface area contributed by atoms with Gasteiger partial charge in [0, 0.05) is 18.8 Å². The second-order valence-electron chi connectivity index (χ2n) is 4.49. The SMILES string of the molecule is CCC[C@@]1(c2ccncc2)C[C@@H](C)OC1=O. The van der Waals surface area contributed by atoms with E-state index < -0.39 is 5.41 Å². The smallest absolute Gasteiger partial charge is 0.316 e. The summed E-state index contributed by atoms with van der Waals surface area (Å²) in [4.78, 5) is 16.1. The zero-order valence-corrected chi connectivity index (χ0v) is 9.77. The molecule has 1 aromatic rings. The molecular weight excluding hydrogens is 202 g/mol. The molecule has 0 aliphatic carbocycles. The van der Waals surface area contributed by atoms with Crippen LogP contribution in [0.15, 0.2) is 24.5 Å². The van der Waals surface area contributed by atoms with Gasteiger partial charge in [0.15, 0.2) is 0 Å².